The number of para-hydroxylation sites is 2. The van der Waals surface area contributed by atoms with E-state index in [1.807, 2.05) is 24.3 Å². The number of halogens is 3. The molecule has 0 aliphatic carbocycles. The van der Waals surface area contributed by atoms with Crippen LogP contribution in [0.15, 0.2) is 48.5 Å². The Balaban J connectivity index is 1.99. The first kappa shape index (κ1) is 12.7. The number of rotatable bonds is 2. The third kappa shape index (κ3) is 2.66. The van der Waals surface area contributed by atoms with Gasteiger partial charge in [0, 0.05) is 5.56 Å². The molecule has 2 nitrogen and oxygen atoms in total. The molecule has 0 saturated heterocycles. The van der Waals surface area contributed by atoms with Crippen LogP contribution < -0.4 is 0 Å². The number of imidazole rings is 1. The third-order valence-corrected chi connectivity index (χ3v) is 2.99. The molecule has 2 aromatic carbocycles. The predicted octanol–water partition coefficient (Wildman–Crippen LogP) is 4.33. The van der Waals surface area contributed by atoms with Crippen LogP contribution in [0.5, 0.6) is 0 Å². The van der Waals surface area contributed by atoms with Crippen LogP contribution in [0.25, 0.3) is 22.4 Å². The molecule has 0 saturated carbocycles. The predicted molar refractivity (Wildman–Crippen MR) is 71.3 cm³/mol. The molecule has 0 atom stereocenters. The quantitative estimate of drug-likeness (QED) is 0.741. The highest BCUT2D eigenvalue weighted by molar-refractivity contribution is 5.79. The van der Waals surface area contributed by atoms with Gasteiger partial charge in [-0.05, 0) is 23.8 Å². The fourth-order valence-corrected chi connectivity index (χ4v) is 2.15. The van der Waals surface area contributed by atoms with Crippen molar-refractivity contribution in [3.05, 3.63) is 54.1 Å². The van der Waals surface area contributed by atoms with Crippen molar-refractivity contribution in [3.8, 4) is 11.4 Å². The van der Waals surface area contributed by atoms with Crippen LogP contribution in [0.3, 0.4) is 0 Å². The summed E-state index contributed by atoms with van der Waals surface area (Å²) >= 11 is 0. The second-order valence-electron chi connectivity index (χ2n) is 4.59. The monoisotopic (exact) mass is 276 g/mol. The van der Waals surface area contributed by atoms with E-state index in [1.54, 1.807) is 12.1 Å². The number of nitrogens with zero attached hydrogens (tertiary/aromatic N) is 1. The molecule has 1 aromatic heterocycles. The van der Waals surface area contributed by atoms with Gasteiger partial charge in [0.15, 0.2) is 0 Å². The van der Waals surface area contributed by atoms with Gasteiger partial charge in [0.1, 0.15) is 5.82 Å². The Labute approximate surface area is 113 Å². The first-order valence-electron chi connectivity index (χ1n) is 6.12. The highest BCUT2D eigenvalue weighted by Crippen LogP contribution is 2.25. The molecule has 0 fully saturated rings. The SMILES string of the molecule is FC(F)(F)Cc1cccc(-c2nc3ccccc3[nH]2)c1. The molecule has 3 rings (SSSR count). The number of H-pyrrole nitrogens is 1. The van der Waals surface area contributed by atoms with Gasteiger partial charge in [0.2, 0.25) is 0 Å². The first-order valence-corrected chi connectivity index (χ1v) is 6.12. The Morgan fingerprint density at radius 1 is 1.00 bits per heavy atom. The van der Waals surface area contributed by atoms with E-state index in [1.165, 1.54) is 12.1 Å². The Hall–Kier alpha value is -2.30. The maximum atomic E-state index is 12.4. The van der Waals surface area contributed by atoms with Crippen LogP contribution in [-0.4, -0.2) is 16.1 Å². The summed E-state index contributed by atoms with van der Waals surface area (Å²) in [7, 11) is 0. The summed E-state index contributed by atoms with van der Waals surface area (Å²) in [5.41, 5.74) is 2.55. The van der Waals surface area contributed by atoms with Crippen LogP contribution in [0.1, 0.15) is 5.56 Å². The first-order chi connectivity index (χ1) is 9.51. The van der Waals surface area contributed by atoms with Gasteiger partial charge in [0.25, 0.3) is 0 Å². The molecule has 3 aromatic rings. The van der Waals surface area contributed by atoms with Crippen molar-refractivity contribution in [1.29, 1.82) is 0 Å². The summed E-state index contributed by atoms with van der Waals surface area (Å²) < 4.78 is 37.3. The van der Waals surface area contributed by atoms with Gasteiger partial charge in [0.05, 0.1) is 17.5 Å². The Morgan fingerprint density at radius 3 is 2.55 bits per heavy atom. The van der Waals surface area contributed by atoms with Crippen LogP contribution in [0.4, 0.5) is 13.2 Å². The minimum atomic E-state index is -4.20. The normalized spacial score (nSPS) is 11.9. The van der Waals surface area contributed by atoms with Crippen LogP contribution in [0.2, 0.25) is 0 Å². The number of aromatic nitrogens is 2. The number of alkyl halides is 3. The van der Waals surface area contributed by atoms with Gasteiger partial charge in [-0.15, -0.1) is 0 Å². The average Bonchev–Trinajstić information content (AvgIpc) is 2.80. The molecule has 5 heteroatoms. The van der Waals surface area contributed by atoms with E-state index in [4.69, 9.17) is 0 Å². The zero-order chi connectivity index (χ0) is 14.2. The molecular weight excluding hydrogens is 265 g/mol. The van der Waals surface area contributed by atoms with Crippen molar-refractivity contribution in [2.24, 2.45) is 0 Å². The molecule has 0 spiro atoms. The average molecular weight is 276 g/mol. The molecule has 0 aliphatic rings. The van der Waals surface area contributed by atoms with Crippen LogP contribution >= 0.6 is 0 Å². The largest absolute Gasteiger partial charge is 0.393 e. The smallest absolute Gasteiger partial charge is 0.338 e. The van der Waals surface area contributed by atoms with E-state index in [2.05, 4.69) is 9.97 Å². The Kier molecular flexibility index (Phi) is 2.97. The molecule has 102 valence electrons. The number of hydrogen-bond donors (Lipinski definition) is 1. The Bertz CT molecular complexity index is 711. The van der Waals surface area contributed by atoms with E-state index in [0.717, 1.165) is 11.0 Å². The van der Waals surface area contributed by atoms with Gasteiger partial charge in [-0.25, -0.2) is 4.98 Å². The summed E-state index contributed by atoms with van der Waals surface area (Å²) in [5.74, 6) is 0.579. The van der Waals surface area contributed by atoms with Crippen LogP contribution in [0, 0.1) is 0 Å². The lowest BCUT2D eigenvalue weighted by Crippen LogP contribution is -2.11. The lowest BCUT2D eigenvalue weighted by Gasteiger charge is -2.07. The summed E-state index contributed by atoms with van der Waals surface area (Å²) in [6, 6.07) is 13.8. The minimum Gasteiger partial charge on any atom is -0.338 e. The highest BCUT2D eigenvalue weighted by Gasteiger charge is 2.27. The second-order valence-corrected chi connectivity index (χ2v) is 4.59. The van der Waals surface area contributed by atoms with Crippen molar-refractivity contribution in [1.82, 2.24) is 9.97 Å². The number of aromatic amines is 1. The molecule has 0 radical (unpaired) electrons. The molecule has 20 heavy (non-hydrogen) atoms. The molecule has 1 N–H and O–H groups in total. The van der Waals surface area contributed by atoms with Crippen molar-refractivity contribution >= 4 is 11.0 Å². The summed E-state index contributed by atoms with van der Waals surface area (Å²) in [4.78, 5) is 7.49. The number of hydrogen-bond acceptors (Lipinski definition) is 1. The van der Waals surface area contributed by atoms with E-state index in [-0.39, 0.29) is 5.56 Å². The molecule has 0 amide bonds. The Morgan fingerprint density at radius 2 is 1.80 bits per heavy atom. The molecule has 0 unspecified atom stereocenters. The van der Waals surface area contributed by atoms with Gasteiger partial charge < -0.3 is 4.98 Å². The summed E-state index contributed by atoms with van der Waals surface area (Å²) in [6.07, 6.45) is -5.13. The second kappa shape index (κ2) is 4.67. The maximum Gasteiger partial charge on any atom is 0.393 e. The summed E-state index contributed by atoms with van der Waals surface area (Å²) in [5, 5.41) is 0. The van der Waals surface area contributed by atoms with E-state index in [0.29, 0.717) is 11.4 Å². The molecular formula is C15H11F3N2. The van der Waals surface area contributed by atoms with Gasteiger partial charge >= 0.3 is 6.18 Å². The van der Waals surface area contributed by atoms with Gasteiger partial charge in [-0.3, -0.25) is 0 Å². The van der Waals surface area contributed by atoms with Crippen molar-refractivity contribution in [3.63, 3.8) is 0 Å². The van der Waals surface area contributed by atoms with Gasteiger partial charge in [-0.1, -0.05) is 30.3 Å². The minimum absolute atomic E-state index is 0.232. The lowest BCUT2D eigenvalue weighted by molar-refractivity contribution is -0.127. The molecule has 0 aliphatic heterocycles. The van der Waals surface area contributed by atoms with E-state index in [9.17, 15) is 13.2 Å². The summed E-state index contributed by atoms with van der Waals surface area (Å²) in [6.45, 7) is 0. The van der Waals surface area contributed by atoms with Crippen molar-refractivity contribution < 1.29 is 13.2 Å². The standard InChI is InChI=1S/C15H11F3N2/c16-15(17,18)9-10-4-3-5-11(8-10)14-19-12-6-1-2-7-13(12)20-14/h1-8H,9H2,(H,19,20). The lowest BCUT2D eigenvalue weighted by atomic mass is 10.1. The number of nitrogens with one attached hydrogen (secondary N) is 1. The molecule has 1 heterocycles. The van der Waals surface area contributed by atoms with E-state index < -0.39 is 12.6 Å². The third-order valence-electron chi connectivity index (χ3n) is 2.99. The zero-order valence-corrected chi connectivity index (χ0v) is 10.4. The highest BCUT2D eigenvalue weighted by atomic mass is 19.4. The zero-order valence-electron chi connectivity index (χ0n) is 10.4. The van der Waals surface area contributed by atoms with Crippen molar-refractivity contribution in [2.45, 2.75) is 12.6 Å². The fraction of sp³-hybridized carbons (Fsp3) is 0.133. The van der Waals surface area contributed by atoms with Crippen LogP contribution in [-0.2, 0) is 6.42 Å². The topological polar surface area (TPSA) is 28.7 Å². The van der Waals surface area contributed by atoms with Crippen molar-refractivity contribution in [2.75, 3.05) is 0 Å². The van der Waals surface area contributed by atoms with Gasteiger partial charge in [-0.2, -0.15) is 13.2 Å². The number of fused-ring (bicyclic) bond motifs is 1. The maximum absolute atomic E-state index is 12.4. The fourth-order valence-electron chi connectivity index (χ4n) is 2.15. The molecule has 0 bridgehead atoms. The van der Waals surface area contributed by atoms with E-state index >= 15 is 0 Å². The number of benzene rings is 2.